The SMILES string of the molecule is N#CCC(O)C(O)c1ccc(NC(N)=O)cc1. The summed E-state index contributed by atoms with van der Waals surface area (Å²) in [6.07, 6.45) is -2.41. The Kier molecular flexibility index (Phi) is 4.46. The van der Waals surface area contributed by atoms with Gasteiger partial charge in [0.15, 0.2) is 0 Å². The van der Waals surface area contributed by atoms with E-state index in [4.69, 9.17) is 11.0 Å². The molecule has 1 rings (SSSR count). The minimum Gasteiger partial charge on any atom is -0.389 e. The first-order valence-electron chi connectivity index (χ1n) is 4.94. The Morgan fingerprint density at radius 1 is 1.41 bits per heavy atom. The molecule has 6 nitrogen and oxygen atoms in total. The van der Waals surface area contributed by atoms with Gasteiger partial charge in [-0.1, -0.05) is 12.1 Å². The third-order valence-corrected chi connectivity index (χ3v) is 2.18. The molecule has 17 heavy (non-hydrogen) atoms. The number of anilines is 1. The fraction of sp³-hybridized carbons (Fsp3) is 0.273. The van der Waals surface area contributed by atoms with E-state index in [-0.39, 0.29) is 6.42 Å². The second kappa shape index (κ2) is 5.84. The molecule has 0 spiro atoms. The Hall–Kier alpha value is -2.10. The molecule has 0 radical (unpaired) electrons. The first kappa shape index (κ1) is 13.0. The monoisotopic (exact) mass is 235 g/mol. The van der Waals surface area contributed by atoms with E-state index in [9.17, 15) is 15.0 Å². The van der Waals surface area contributed by atoms with Crippen LogP contribution in [-0.4, -0.2) is 22.3 Å². The first-order valence-corrected chi connectivity index (χ1v) is 4.94. The van der Waals surface area contributed by atoms with Gasteiger partial charge >= 0.3 is 6.03 Å². The Balaban J connectivity index is 2.73. The Labute approximate surface area is 98.3 Å². The Bertz CT molecular complexity index is 425. The largest absolute Gasteiger partial charge is 0.389 e. The fourth-order valence-electron chi connectivity index (χ4n) is 1.33. The normalized spacial score (nSPS) is 13.5. The topological polar surface area (TPSA) is 119 Å². The van der Waals surface area contributed by atoms with Crippen LogP contribution in [0.4, 0.5) is 10.5 Å². The van der Waals surface area contributed by atoms with Crippen molar-refractivity contribution in [2.45, 2.75) is 18.6 Å². The van der Waals surface area contributed by atoms with Crippen LogP contribution < -0.4 is 11.1 Å². The molecule has 1 aromatic rings. The summed E-state index contributed by atoms with van der Waals surface area (Å²) in [7, 11) is 0. The van der Waals surface area contributed by atoms with Gasteiger partial charge in [-0.3, -0.25) is 0 Å². The Morgan fingerprint density at radius 3 is 2.47 bits per heavy atom. The van der Waals surface area contributed by atoms with E-state index in [2.05, 4.69) is 5.32 Å². The number of carbonyl (C=O) groups excluding carboxylic acids is 1. The van der Waals surface area contributed by atoms with Crippen LogP contribution in [0.3, 0.4) is 0 Å². The summed E-state index contributed by atoms with van der Waals surface area (Å²) >= 11 is 0. The average molecular weight is 235 g/mol. The van der Waals surface area contributed by atoms with Gasteiger partial charge in [-0.25, -0.2) is 4.79 Å². The van der Waals surface area contributed by atoms with E-state index >= 15 is 0 Å². The molecule has 1 aromatic carbocycles. The van der Waals surface area contributed by atoms with Gasteiger partial charge in [0, 0.05) is 5.69 Å². The van der Waals surface area contributed by atoms with E-state index < -0.39 is 18.2 Å². The van der Waals surface area contributed by atoms with Crippen LogP contribution in [0.5, 0.6) is 0 Å². The smallest absolute Gasteiger partial charge is 0.316 e. The molecule has 0 aliphatic rings. The first-order chi connectivity index (χ1) is 8.04. The minimum absolute atomic E-state index is 0.150. The van der Waals surface area contributed by atoms with E-state index in [1.165, 1.54) is 12.1 Å². The molecular weight excluding hydrogens is 222 g/mol. The maximum absolute atomic E-state index is 10.6. The average Bonchev–Trinajstić information content (AvgIpc) is 2.28. The van der Waals surface area contributed by atoms with E-state index in [1.54, 1.807) is 18.2 Å². The molecule has 0 bridgehead atoms. The summed E-state index contributed by atoms with van der Waals surface area (Å²) in [4.78, 5) is 10.6. The van der Waals surface area contributed by atoms with E-state index in [1.807, 2.05) is 0 Å². The van der Waals surface area contributed by atoms with Crippen molar-refractivity contribution in [1.29, 1.82) is 5.26 Å². The number of nitrogens with two attached hydrogens (primary N) is 1. The molecule has 6 heteroatoms. The lowest BCUT2D eigenvalue weighted by Crippen LogP contribution is -2.20. The number of rotatable bonds is 4. The zero-order valence-electron chi connectivity index (χ0n) is 9.00. The Morgan fingerprint density at radius 2 is 2.00 bits per heavy atom. The third kappa shape index (κ3) is 3.75. The fourth-order valence-corrected chi connectivity index (χ4v) is 1.33. The highest BCUT2D eigenvalue weighted by Gasteiger charge is 2.17. The van der Waals surface area contributed by atoms with Gasteiger partial charge in [0.2, 0.25) is 0 Å². The summed E-state index contributed by atoms with van der Waals surface area (Å²) in [5, 5.41) is 29.9. The molecule has 0 aromatic heterocycles. The van der Waals surface area contributed by atoms with Crippen molar-refractivity contribution < 1.29 is 15.0 Å². The van der Waals surface area contributed by atoms with Crippen molar-refractivity contribution in [3.8, 4) is 6.07 Å². The van der Waals surface area contributed by atoms with Gasteiger partial charge in [-0.2, -0.15) is 5.26 Å². The van der Waals surface area contributed by atoms with Crippen molar-refractivity contribution in [3.05, 3.63) is 29.8 Å². The molecule has 2 amide bonds. The zero-order valence-corrected chi connectivity index (χ0v) is 9.00. The van der Waals surface area contributed by atoms with Gasteiger partial charge < -0.3 is 21.3 Å². The number of amides is 2. The molecule has 5 N–H and O–H groups in total. The molecule has 2 unspecified atom stereocenters. The summed E-state index contributed by atoms with van der Waals surface area (Å²) in [6, 6.07) is 7.26. The quantitative estimate of drug-likeness (QED) is 0.606. The molecule has 0 saturated heterocycles. The van der Waals surface area contributed by atoms with Gasteiger partial charge in [-0.15, -0.1) is 0 Å². The highest BCUT2D eigenvalue weighted by Crippen LogP contribution is 2.20. The van der Waals surface area contributed by atoms with Crippen molar-refractivity contribution in [2.24, 2.45) is 5.73 Å². The number of carbonyl (C=O) groups is 1. The number of aliphatic hydroxyl groups excluding tert-OH is 2. The molecule has 0 fully saturated rings. The second-order valence-electron chi connectivity index (χ2n) is 3.49. The summed E-state index contributed by atoms with van der Waals surface area (Å²) in [5.41, 5.74) is 5.88. The lowest BCUT2D eigenvalue weighted by atomic mass is 10.0. The molecule has 0 saturated carbocycles. The summed E-state index contributed by atoms with van der Waals surface area (Å²) in [5.74, 6) is 0. The predicted octanol–water partition coefficient (Wildman–Crippen LogP) is 0.485. The van der Waals surface area contributed by atoms with Crippen molar-refractivity contribution in [2.75, 3.05) is 5.32 Å². The van der Waals surface area contributed by atoms with Gasteiger partial charge in [0.1, 0.15) is 6.10 Å². The highest BCUT2D eigenvalue weighted by atomic mass is 16.3. The lowest BCUT2D eigenvalue weighted by Gasteiger charge is -2.15. The van der Waals surface area contributed by atoms with E-state index in [0.29, 0.717) is 11.3 Å². The molecule has 0 heterocycles. The van der Waals surface area contributed by atoms with Crippen LogP contribution in [0.15, 0.2) is 24.3 Å². The molecule has 90 valence electrons. The highest BCUT2D eigenvalue weighted by molar-refractivity contribution is 5.87. The number of nitrogens with zero attached hydrogens (tertiary/aromatic N) is 1. The number of urea groups is 1. The standard InChI is InChI=1S/C11H13N3O3/c12-6-5-9(15)10(16)7-1-3-8(4-2-7)14-11(13)17/h1-4,9-10,15-16H,5H2,(H3,13,14,17). The lowest BCUT2D eigenvalue weighted by molar-refractivity contribution is 0.0216. The summed E-state index contributed by atoms with van der Waals surface area (Å²) < 4.78 is 0. The van der Waals surface area contributed by atoms with Gasteiger partial charge in [0.25, 0.3) is 0 Å². The van der Waals surface area contributed by atoms with Crippen LogP contribution >= 0.6 is 0 Å². The van der Waals surface area contributed by atoms with Gasteiger partial charge in [0.05, 0.1) is 18.6 Å². The van der Waals surface area contributed by atoms with Crippen molar-refractivity contribution in [3.63, 3.8) is 0 Å². The number of nitrogens with one attached hydrogen (secondary N) is 1. The third-order valence-electron chi connectivity index (χ3n) is 2.18. The van der Waals surface area contributed by atoms with Crippen molar-refractivity contribution in [1.82, 2.24) is 0 Å². The summed E-state index contributed by atoms with van der Waals surface area (Å²) in [6.45, 7) is 0. The second-order valence-corrected chi connectivity index (χ2v) is 3.49. The van der Waals surface area contributed by atoms with Crippen LogP contribution in [0.25, 0.3) is 0 Å². The number of primary amides is 1. The van der Waals surface area contributed by atoms with Crippen LogP contribution in [0.2, 0.25) is 0 Å². The number of hydrogen-bond donors (Lipinski definition) is 4. The molecular formula is C11H13N3O3. The van der Waals surface area contributed by atoms with E-state index in [0.717, 1.165) is 0 Å². The number of hydrogen-bond acceptors (Lipinski definition) is 4. The maximum Gasteiger partial charge on any atom is 0.316 e. The minimum atomic E-state index is -1.13. The van der Waals surface area contributed by atoms with Crippen molar-refractivity contribution >= 4 is 11.7 Å². The van der Waals surface area contributed by atoms with Crippen LogP contribution in [0, 0.1) is 11.3 Å². The maximum atomic E-state index is 10.6. The number of benzene rings is 1. The van der Waals surface area contributed by atoms with Crippen LogP contribution in [-0.2, 0) is 0 Å². The van der Waals surface area contributed by atoms with Gasteiger partial charge in [-0.05, 0) is 17.7 Å². The molecule has 0 aliphatic heterocycles. The number of aliphatic hydroxyl groups is 2. The zero-order chi connectivity index (χ0) is 12.8. The predicted molar refractivity (Wildman–Crippen MR) is 60.8 cm³/mol. The number of nitriles is 1. The molecule has 2 atom stereocenters. The molecule has 0 aliphatic carbocycles. The van der Waals surface area contributed by atoms with Crippen LogP contribution in [0.1, 0.15) is 18.1 Å².